The average molecular weight is 398 g/mol. The summed E-state index contributed by atoms with van der Waals surface area (Å²) in [6, 6.07) is 7.33. The number of halogens is 4. The number of hydrogen-bond acceptors (Lipinski definition) is 3. The van der Waals surface area contributed by atoms with Crippen LogP contribution in [0.4, 0.5) is 18.9 Å². The SMILES string of the molecule is C[S+]([O-])c1cc(Cl)ccc1NS(=O)(=O)c1cccc(C(F)(F)F)c1. The Labute approximate surface area is 144 Å². The third-order valence-corrected chi connectivity index (χ3v) is 5.52. The van der Waals surface area contributed by atoms with Gasteiger partial charge in [0.2, 0.25) is 0 Å². The smallest absolute Gasteiger partial charge is 0.416 e. The second-order valence-electron chi connectivity index (χ2n) is 4.73. The molecule has 2 rings (SSSR count). The van der Waals surface area contributed by atoms with Crippen LogP contribution in [0.3, 0.4) is 0 Å². The molecule has 0 aliphatic rings. The minimum atomic E-state index is -4.66. The van der Waals surface area contributed by atoms with Crippen molar-refractivity contribution in [3.63, 3.8) is 0 Å². The van der Waals surface area contributed by atoms with Gasteiger partial charge in [-0.1, -0.05) is 17.7 Å². The van der Waals surface area contributed by atoms with E-state index in [9.17, 15) is 26.1 Å². The van der Waals surface area contributed by atoms with Gasteiger partial charge in [-0.05, 0) is 41.5 Å². The average Bonchev–Trinajstić information content (AvgIpc) is 2.48. The van der Waals surface area contributed by atoms with E-state index in [1.807, 2.05) is 0 Å². The summed E-state index contributed by atoms with van der Waals surface area (Å²) in [5.41, 5.74) is -1.10. The van der Waals surface area contributed by atoms with Crippen LogP contribution in [0.15, 0.2) is 52.3 Å². The van der Waals surface area contributed by atoms with Crippen molar-refractivity contribution in [1.82, 2.24) is 0 Å². The lowest BCUT2D eigenvalue weighted by atomic mass is 10.2. The summed E-state index contributed by atoms with van der Waals surface area (Å²) in [4.78, 5) is -0.432. The number of rotatable bonds is 4. The molecule has 1 unspecified atom stereocenters. The topological polar surface area (TPSA) is 69.2 Å². The monoisotopic (exact) mass is 397 g/mol. The van der Waals surface area contributed by atoms with Crippen molar-refractivity contribution in [2.24, 2.45) is 0 Å². The van der Waals surface area contributed by atoms with Crippen molar-refractivity contribution in [3.8, 4) is 0 Å². The van der Waals surface area contributed by atoms with Crippen LogP contribution in [0, 0.1) is 0 Å². The first kappa shape index (κ1) is 18.9. The van der Waals surface area contributed by atoms with Crippen LogP contribution in [0.5, 0.6) is 0 Å². The van der Waals surface area contributed by atoms with Crippen molar-refractivity contribution < 1.29 is 26.1 Å². The van der Waals surface area contributed by atoms with Crippen LogP contribution in [-0.4, -0.2) is 19.2 Å². The fraction of sp³-hybridized carbons (Fsp3) is 0.143. The van der Waals surface area contributed by atoms with Gasteiger partial charge in [0.25, 0.3) is 10.0 Å². The molecular weight excluding hydrogens is 387 g/mol. The molecule has 2 aromatic carbocycles. The van der Waals surface area contributed by atoms with Gasteiger partial charge in [0, 0.05) is 11.1 Å². The Morgan fingerprint density at radius 2 is 1.83 bits per heavy atom. The second kappa shape index (κ2) is 6.83. The van der Waals surface area contributed by atoms with E-state index in [0.29, 0.717) is 6.07 Å². The predicted octanol–water partition coefficient (Wildman–Crippen LogP) is 3.90. The highest BCUT2D eigenvalue weighted by Crippen LogP contribution is 2.32. The lowest BCUT2D eigenvalue weighted by molar-refractivity contribution is -0.137. The summed E-state index contributed by atoms with van der Waals surface area (Å²) in [6.45, 7) is 0. The van der Waals surface area contributed by atoms with Crippen LogP contribution >= 0.6 is 11.6 Å². The maximum atomic E-state index is 12.7. The number of sulfonamides is 1. The Kier molecular flexibility index (Phi) is 5.38. The van der Waals surface area contributed by atoms with E-state index in [-0.39, 0.29) is 15.6 Å². The highest BCUT2D eigenvalue weighted by Gasteiger charge is 2.32. The summed E-state index contributed by atoms with van der Waals surface area (Å²) in [5.74, 6) is 0. The summed E-state index contributed by atoms with van der Waals surface area (Å²) in [6.07, 6.45) is -3.34. The molecule has 4 nitrogen and oxygen atoms in total. The van der Waals surface area contributed by atoms with Crippen LogP contribution in [0.2, 0.25) is 5.02 Å². The standard InChI is InChI=1S/C14H11ClF3NO3S2/c1-23(20)13-8-10(15)5-6-12(13)19-24(21,22)11-4-2-3-9(7-11)14(16,17)18/h2-8,19H,1H3. The summed E-state index contributed by atoms with van der Waals surface area (Å²) in [5, 5.41) is 0.252. The van der Waals surface area contributed by atoms with E-state index >= 15 is 0 Å². The number of hydrogen-bond donors (Lipinski definition) is 1. The molecule has 0 saturated carbocycles. The summed E-state index contributed by atoms with van der Waals surface area (Å²) >= 11 is 4.23. The van der Waals surface area contributed by atoms with Crippen LogP contribution < -0.4 is 4.72 Å². The third kappa shape index (κ3) is 4.35. The van der Waals surface area contributed by atoms with Crippen LogP contribution in [0.25, 0.3) is 0 Å². The molecule has 0 fully saturated rings. The van der Waals surface area contributed by atoms with Gasteiger partial charge in [0.15, 0.2) is 4.90 Å². The quantitative estimate of drug-likeness (QED) is 0.795. The molecule has 0 saturated heterocycles. The molecule has 0 aliphatic heterocycles. The van der Waals surface area contributed by atoms with Crippen molar-refractivity contribution in [2.75, 3.05) is 11.0 Å². The third-order valence-electron chi connectivity index (χ3n) is 2.97. The Morgan fingerprint density at radius 1 is 1.17 bits per heavy atom. The molecule has 0 aliphatic carbocycles. The van der Waals surface area contributed by atoms with Gasteiger partial charge in [-0.25, -0.2) is 8.42 Å². The Hall–Kier alpha value is -1.42. The van der Waals surface area contributed by atoms with E-state index in [4.69, 9.17) is 11.6 Å². The van der Waals surface area contributed by atoms with Gasteiger partial charge in [0.05, 0.1) is 10.5 Å². The molecule has 1 N–H and O–H groups in total. The van der Waals surface area contributed by atoms with Crippen molar-refractivity contribution in [3.05, 3.63) is 53.1 Å². The number of nitrogens with one attached hydrogen (secondary N) is 1. The van der Waals surface area contributed by atoms with Crippen molar-refractivity contribution in [2.45, 2.75) is 16.0 Å². The van der Waals surface area contributed by atoms with Gasteiger partial charge in [-0.3, -0.25) is 4.72 Å². The van der Waals surface area contributed by atoms with Crippen LogP contribution in [0.1, 0.15) is 5.56 Å². The molecule has 0 heterocycles. The van der Waals surface area contributed by atoms with Gasteiger partial charge >= 0.3 is 6.18 Å². The predicted molar refractivity (Wildman–Crippen MR) is 86.0 cm³/mol. The zero-order valence-corrected chi connectivity index (χ0v) is 14.5. The molecule has 0 aromatic heterocycles. The molecule has 130 valence electrons. The van der Waals surface area contributed by atoms with E-state index < -0.39 is 37.8 Å². The normalized spacial score (nSPS) is 13.6. The number of alkyl halides is 3. The molecule has 1 atom stereocenters. The van der Waals surface area contributed by atoms with E-state index in [1.165, 1.54) is 24.5 Å². The molecule has 0 amide bonds. The Morgan fingerprint density at radius 3 is 2.42 bits per heavy atom. The molecular formula is C14H11ClF3NO3S2. The van der Waals surface area contributed by atoms with Gasteiger partial charge in [-0.15, -0.1) is 0 Å². The Balaban J connectivity index is 2.43. The van der Waals surface area contributed by atoms with E-state index in [1.54, 1.807) is 0 Å². The zero-order valence-electron chi connectivity index (χ0n) is 12.1. The molecule has 0 spiro atoms. The van der Waals surface area contributed by atoms with Gasteiger partial charge in [0.1, 0.15) is 11.9 Å². The summed E-state index contributed by atoms with van der Waals surface area (Å²) < 4.78 is 76.7. The largest absolute Gasteiger partial charge is 0.612 e. The maximum Gasteiger partial charge on any atom is 0.416 e. The minimum Gasteiger partial charge on any atom is -0.612 e. The molecule has 2 aromatic rings. The van der Waals surface area contributed by atoms with E-state index in [2.05, 4.69) is 4.72 Å². The summed E-state index contributed by atoms with van der Waals surface area (Å²) in [7, 11) is -4.29. The first-order chi connectivity index (χ1) is 11.0. The second-order valence-corrected chi connectivity index (χ2v) is 8.19. The minimum absolute atomic E-state index is 0.0161. The fourth-order valence-corrected chi connectivity index (χ4v) is 4.01. The van der Waals surface area contributed by atoms with Crippen LogP contribution in [-0.2, 0) is 27.4 Å². The number of anilines is 1. The molecule has 24 heavy (non-hydrogen) atoms. The first-order valence-electron chi connectivity index (χ1n) is 6.34. The maximum absolute atomic E-state index is 12.7. The number of benzene rings is 2. The van der Waals surface area contributed by atoms with Gasteiger partial charge < -0.3 is 4.55 Å². The van der Waals surface area contributed by atoms with Crippen molar-refractivity contribution in [1.29, 1.82) is 0 Å². The van der Waals surface area contributed by atoms with Crippen molar-refractivity contribution >= 4 is 38.5 Å². The molecule has 0 bridgehead atoms. The molecule has 10 heteroatoms. The first-order valence-corrected chi connectivity index (χ1v) is 9.76. The highest BCUT2D eigenvalue weighted by molar-refractivity contribution is 7.93. The lowest BCUT2D eigenvalue weighted by Crippen LogP contribution is -2.16. The van der Waals surface area contributed by atoms with E-state index in [0.717, 1.165) is 18.2 Å². The fourth-order valence-electron chi connectivity index (χ4n) is 1.86. The lowest BCUT2D eigenvalue weighted by Gasteiger charge is -2.14. The Bertz CT molecular complexity index is 855. The highest BCUT2D eigenvalue weighted by atomic mass is 35.5. The molecule has 0 radical (unpaired) electrons. The zero-order chi connectivity index (χ0) is 18.1. The van der Waals surface area contributed by atoms with Gasteiger partial charge in [-0.2, -0.15) is 13.2 Å².